The van der Waals surface area contributed by atoms with Crippen molar-refractivity contribution in [2.75, 3.05) is 18.0 Å². The molecule has 0 aromatic heterocycles. The second-order valence-corrected chi connectivity index (χ2v) is 9.06. The molecule has 40 heavy (non-hydrogen) atoms. The maximum atomic E-state index is 13.4. The predicted octanol–water partition coefficient (Wildman–Crippen LogP) is 0.655. The fourth-order valence-corrected chi connectivity index (χ4v) is 3.51. The Morgan fingerprint density at radius 1 is 1.12 bits per heavy atom. The third-order valence-electron chi connectivity index (χ3n) is 5.60. The molecule has 0 spiro atoms. The van der Waals surface area contributed by atoms with E-state index in [2.05, 4.69) is 30.9 Å². The van der Waals surface area contributed by atoms with E-state index in [-0.39, 0.29) is 48.2 Å². The van der Waals surface area contributed by atoms with Crippen LogP contribution in [0.15, 0.2) is 39.2 Å². The number of amides is 4. The van der Waals surface area contributed by atoms with E-state index in [1.807, 2.05) is 0 Å². The van der Waals surface area contributed by atoms with Crippen LogP contribution in [0, 0.1) is 5.92 Å². The minimum absolute atomic E-state index is 0.0787. The average molecular weight is 566 g/mol. The van der Waals surface area contributed by atoms with Gasteiger partial charge in [-0.05, 0) is 30.7 Å². The number of carboxylic acids is 1. The zero-order valence-corrected chi connectivity index (χ0v) is 21.4. The molecule has 2 heterocycles. The van der Waals surface area contributed by atoms with E-state index in [1.165, 1.54) is 12.1 Å². The van der Waals surface area contributed by atoms with Crippen molar-refractivity contribution in [1.82, 2.24) is 16.0 Å². The van der Waals surface area contributed by atoms with Gasteiger partial charge in [-0.1, -0.05) is 13.8 Å². The molecule has 4 N–H and O–H groups in total. The number of hydrogen-bond donors (Lipinski definition) is 4. The van der Waals surface area contributed by atoms with E-state index >= 15 is 0 Å². The van der Waals surface area contributed by atoms with Crippen molar-refractivity contribution in [1.29, 1.82) is 0 Å². The van der Waals surface area contributed by atoms with Gasteiger partial charge < -0.3 is 10.4 Å². The average Bonchev–Trinajstić information content (AvgIpc) is 2.89. The van der Waals surface area contributed by atoms with Crippen LogP contribution in [0.3, 0.4) is 0 Å². The highest BCUT2D eigenvalue weighted by Gasteiger charge is 2.44. The number of aliphatic imine (C=N–C) groups is 3. The largest absolute Gasteiger partial charge is 0.481 e. The Hall–Kier alpha value is -4.63. The molecule has 16 heteroatoms. The van der Waals surface area contributed by atoms with E-state index in [1.54, 1.807) is 13.8 Å². The molecule has 13 nitrogen and oxygen atoms in total. The van der Waals surface area contributed by atoms with Gasteiger partial charge in [0, 0.05) is 36.3 Å². The standard InChI is InChI=1S/C24H26F3N7O6/c1-12(2)19(37)32-23-31-18-17(21(39)33-23)30-14(10-29-18)11-34(22(40)24(25,26)27)15-7-5-13(6-8-15)20(38)28-9-3-4-16(35)36/h5-8,10,12,17-18H,3-4,9,11H2,1-2H3,(H,28,38)(H,35,36)(H2,31,32,33,37,39). The van der Waals surface area contributed by atoms with Crippen LogP contribution in [0.4, 0.5) is 18.9 Å². The van der Waals surface area contributed by atoms with Crippen LogP contribution >= 0.6 is 0 Å². The normalized spacial score (nSPS) is 18.2. The summed E-state index contributed by atoms with van der Waals surface area (Å²) in [6, 6.07) is 3.47. The summed E-state index contributed by atoms with van der Waals surface area (Å²) in [4.78, 5) is 72.2. The second-order valence-electron chi connectivity index (χ2n) is 9.06. The minimum Gasteiger partial charge on any atom is -0.481 e. The van der Waals surface area contributed by atoms with E-state index in [4.69, 9.17) is 5.11 Å². The Bertz CT molecular complexity index is 1270. The van der Waals surface area contributed by atoms with Crippen molar-refractivity contribution < 1.29 is 42.3 Å². The van der Waals surface area contributed by atoms with Gasteiger partial charge in [0.05, 0.1) is 12.3 Å². The number of anilines is 1. The van der Waals surface area contributed by atoms with Crippen LogP contribution in [-0.2, 0) is 19.2 Å². The summed E-state index contributed by atoms with van der Waals surface area (Å²) < 4.78 is 40.3. The van der Waals surface area contributed by atoms with Crippen molar-refractivity contribution >= 4 is 53.2 Å². The van der Waals surface area contributed by atoms with Gasteiger partial charge in [-0.15, -0.1) is 0 Å². The molecule has 0 aliphatic carbocycles. The monoisotopic (exact) mass is 565 g/mol. The summed E-state index contributed by atoms with van der Waals surface area (Å²) in [5, 5.41) is 15.9. The molecule has 1 aromatic carbocycles. The number of carbonyl (C=O) groups excluding carboxylic acids is 4. The molecule has 0 fully saturated rings. The first-order chi connectivity index (χ1) is 18.8. The molecule has 2 unspecified atom stereocenters. The lowest BCUT2D eigenvalue weighted by Crippen LogP contribution is -2.56. The van der Waals surface area contributed by atoms with Gasteiger partial charge in [-0.2, -0.15) is 13.2 Å². The number of carbonyl (C=O) groups is 5. The summed E-state index contributed by atoms with van der Waals surface area (Å²) in [5.41, 5.74) is -0.234. The van der Waals surface area contributed by atoms with Gasteiger partial charge >= 0.3 is 18.1 Å². The second kappa shape index (κ2) is 12.5. The Morgan fingerprint density at radius 2 is 1.80 bits per heavy atom. The number of halogens is 3. The smallest absolute Gasteiger partial charge is 0.471 e. The van der Waals surface area contributed by atoms with Crippen LogP contribution in [-0.4, -0.2) is 84.1 Å². The number of benzene rings is 1. The summed E-state index contributed by atoms with van der Waals surface area (Å²) in [5.74, 6) is -5.41. The molecule has 3 rings (SSSR count). The summed E-state index contributed by atoms with van der Waals surface area (Å²) >= 11 is 0. The Morgan fingerprint density at radius 3 is 2.40 bits per heavy atom. The number of fused-ring (bicyclic) bond motifs is 1. The molecule has 1 aromatic rings. The van der Waals surface area contributed by atoms with E-state index < -0.39 is 54.5 Å². The molecule has 214 valence electrons. The predicted molar refractivity (Wildman–Crippen MR) is 136 cm³/mol. The van der Waals surface area contributed by atoms with Crippen LogP contribution in [0.2, 0.25) is 0 Å². The van der Waals surface area contributed by atoms with Crippen LogP contribution in [0.25, 0.3) is 0 Å². The molecule has 0 saturated carbocycles. The lowest BCUT2D eigenvalue weighted by molar-refractivity contribution is -0.170. The van der Waals surface area contributed by atoms with Crippen LogP contribution in [0.5, 0.6) is 0 Å². The van der Waals surface area contributed by atoms with Crippen LogP contribution < -0.4 is 20.9 Å². The first-order valence-corrected chi connectivity index (χ1v) is 12.0. The molecule has 2 aliphatic rings. The number of alkyl halides is 3. The van der Waals surface area contributed by atoms with Crippen LogP contribution in [0.1, 0.15) is 37.0 Å². The van der Waals surface area contributed by atoms with Crippen molar-refractivity contribution in [2.24, 2.45) is 20.9 Å². The zero-order valence-electron chi connectivity index (χ0n) is 21.4. The molecule has 0 radical (unpaired) electrons. The number of guanidine groups is 1. The number of rotatable bonds is 9. The highest BCUT2D eigenvalue weighted by Crippen LogP contribution is 2.25. The fourth-order valence-electron chi connectivity index (χ4n) is 3.51. The first-order valence-electron chi connectivity index (χ1n) is 12.0. The molecular formula is C24H26F3N7O6. The summed E-state index contributed by atoms with van der Waals surface area (Å²) in [6.45, 7) is 2.66. The van der Waals surface area contributed by atoms with Gasteiger partial charge in [0.25, 0.3) is 11.8 Å². The molecule has 4 amide bonds. The van der Waals surface area contributed by atoms with E-state index in [0.29, 0.717) is 4.90 Å². The topological polar surface area (TPSA) is 182 Å². The van der Waals surface area contributed by atoms with Crippen molar-refractivity contribution in [3.63, 3.8) is 0 Å². The number of nitrogens with zero attached hydrogens (tertiary/aromatic N) is 4. The molecule has 2 aliphatic heterocycles. The first kappa shape index (κ1) is 29.9. The summed E-state index contributed by atoms with van der Waals surface area (Å²) in [6.07, 6.45) is -5.16. The van der Waals surface area contributed by atoms with Gasteiger partial charge in [-0.25, -0.2) is 4.99 Å². The lowest BCUT2D eigenvalue weighted by atomic mass is 10.1. The highest BCUT2D eigenvalue weighted by atomic mass is 19.4. The molecule has 2 atom stereocenters. The third-order valence-corrected chi connectivity index (χ3v) is 5.60. The Balaban J connectivity index is 1.76. The minimum atomic E-state index is -5.24. The number of aliphatic carboxylic acids is 1. The third kappa shape index (κ3) is 7.70. The van der Waals surface area contributed by atoms with Gasteiger partial charge in [-0.3, -0.25) is 49.5 Å². The van der Waals surface area contributed by atoms with Crippen molar-refractivity contribution in [3.8, 4) is 0 Å². The Kier molecular flexibility index (Phi) is 9.34. The zero-order chi connectivity index (χ0) is 29.6. The summed E-state index contributed by atoms with van der Waals surface area (Å²) in [7, 11) is 0. The van der Waals surface area contributed by atoms with E-state index in [9.17, 15) is 37.1 Å². The highest BCUT2D eigenvalue weighted by molar-refractivity contribution is 6.34. The molecule has 0 saturated heterocycles. The van der Waals surface area contributed by atoms with Gasteiger partial charge in [0.1, 0.15) is 0 Å². The number of carboxylic acid groups (broad SMARTS) is 1. The van der Waals surface area contributed by atoms with Crippen molar-refractivity contribution in [2.45, 2.75) is 45.1 Å². The number of nitrogens with one attached hydrogen (secondary N) is 3. The van der Waals surface area contributed by atoms with E-state index in [0.717, 1.165) is 18.3 Å². The molecular weight excluding hydrogens is 539 g/mol. The maximum absolute atomic E-state index is 13.4. The lowest BCUT2D eigenvalue weighted by Gasteiger charge is -2.29. The fraction of sp³-hybridized carbons (Fsp3) is 0.417. The Labute approximate surface area is 225 Å². The molecule has 0 bridgehead atoms. The SMILES string of the molecule is CC(C)C(=O)NC1=NC2N=CC(CN(C(=O)C(F)(F)F)c3ccc(C(=O)NCCCC(=O)O)cc3)=NC2C(=O)N1. The van der Waals surface area contributed by atoms with Gasteiger partial charge in [0.15, 0.2) is 12.2 Å². The maximum Gasteiger partial charge on any atom is 0.471 e. The number of hydrogen-bond acceptors (Lipinski definition) is 8. The van der Waals surface area contributed by atoms with Gasteiger partial charge in [0.2, 0.25) is 11.9 Å². The quantitative estimate of drug-likeness (QED) is 0.319. The van der Waals surface area contributed by atoms with Crippen molar-refractivity contribution in [3.05, 3.63) is 29.8 Å².